The van der Waals surface area contributed by atoms with Crippen LogP contribution in [0.2, 0.25) is 5.02 Å². The van der Waals surface area contributed by atoms with E-state index in [0.717, 1.165) is 22.3 Å². The lowest BCUT2D eigenvalue weighted by Gasteiger charge is -2.26. The molecule has 0 aliphatic rings. The van der Waals surface area contributed by atoms with Gasteiger partial charge in [0.25, 0.3) is 5.91 Å². The maximum atomic E-state index is 12.7. The molecule has 1 heterocycles. The molecule has 0 fully saturated rings. The number of hydrogen-bond acceptors (Lipinski definition) is 4. The molecule has 21 heavy (non-hydrogen) atoms. The summed E-state index contributed by atoms with van der Waals surface area (Å²) in [5.74, 6) is 0.917. The molecule has 0 radical (unpaired) electrons. The summed E-state index contributed by atoms with van der Waals surface area (Å²) in [5, 5.41) is 1.56. The van der Waals surface area contributed by atoms with Crippen molar-refractivity contribution in [3.8, 4) is 0 Å². The molecule has 0 bridgehead atoms. The van der Waals surface area contributed by atoms with Crippen LogP contribution in [-0.4, -0.2) is 35.9 Å². The molecule has 114 valence electrons. The number of hydrogen-bond donors (Lipinski definition) is 1. The van der Waals surface area contributed by atoms with E-state index in [4.69, 9.17) is 17.3 Å². The fourth-order valence-electron chi connectivity index (χ4n) is 2.27. The van der Waals surface area contributed by atoms with E-state index in [9.17, 15) is 4.79 Å². The molecule has 0 spiro atoms. The number of anilines is 1. The van der Waals surface area contributed by atoms with E-state index in [2.05, 4.69) is 13.2 Å². The van der Waals surface area contributed by atoms with Gasteiger partial charge in [0.15, 0.2) is 0 Å². The standard InChI is InChI=1S/C15H19ClN2OS2/c1-4-10(8-20-3)18(2)15(19)14-13(17)11-6-5-9(16)7-12(11)21-14/h5-7,10H,4,8,17H2,1-3H3. The van der Waals surface area contributed by atoms with Crippen LogP contribution in [0, 0.1) is 0 Å². The minimum absolute atomic E-state index is 0.00859. The van der Waals surface area contributed by atoms with Crippen molar-refractivity contribution < 1.29 is 4.79 Å². The highest BCUT2D eigenvalue weighted by atomic mass is 35.5. The quantitative estimate of drug-likeness (QED) is 0.878. The number of carbonyl (C=O) groups is 1. The molecule has 1 aromatic carbocycles. The van der Waals surface area contributed by atoms with Gasteiger partial charge in [-0.3, -0.25) is 4.79 Å². The predicted molar refractivity (Wildman–Crippen MR) is 95.8 cm³/mol. The van der Waals surface area contributed by atoms with Crippen molar-refractivity contribution in [3.05, 3.63) is 28.1 Å². The minimum Gasteiger partial charge on any atom is -0.397 e. The van der Waals surface area contributed by atoms with E-state index in [1.54, 1.807) is 22.7 Å². The molecule has 0 aliphatic carbocycles. The molecular weight excluding hydrogens is 324 g/mol. The highest BCUT2D eigenvalue weighted by molar-refractivity contribution is 7.98. The number of benzene rings is 1. The molecule has 0 saturated carbocycles. The number of nitrogen functional groups attached to an aromatic ring is 1. The molecule has 0 aliphatic heterocycles. The van der Waals surface area contributed by atoms with Crippen molar-refractivity contribution >= 4 is 56.4 Å². The van der Waals surface area contributed by atoms with Crippen LogP contribution in [-0.2, 0) is 0 Å². The number of rotatable bonds is 5. The second kappa shape index (κ2) is 6.90. The Kier molecular flexibility index (Phi) is 5.41. The SMILES string of the molecule is CCC(CSC)N(C)C(=O)c1sc2cc(Cl)ccc2c1N. The highest BCUT2D eigenvalue weighted by Gasteiger charge is 2.24. The monoisotopic (exact) mass is 342 g/mol. The number of thiophene rings is 1. The van der Waals surface area contributed by atoms with E-state index in [-0.39, 0.29) is 11.9 Å². The molecule has 6 heteroatoms. The molecule has 1 aromatic heterocycles. The molecule has 3 nitrogen and oxygen atoms in total. The van der Waals surface area contributed by atoms with E-state index in [1.165, 1.54) is 11.3 Å². The molecule has 2 rings (SSSR count). The van der Waals surface area contributed by atoms with Crippen molar-refractivity contribution in [2.75, 3.05) is 24.8 Å². The van der Waals surface area contributed by atoms with Crippen LogP contribution >= 0.6 is 34.7 Å². The van der Waals surface area contributed by atoms with Crippen LogP contribution in [0.25, 0.3) is 10.1 Å². The molecule has 1 amide bonds. The number of carbonyl (C=O) groups excluding carboxylic acids is 1. The van der Waals surface area contributed by atoms with Crippen molar-refractivity contribution in [3.63, 3.8) is 0 Å². The molecule has 0 saturated heterocycles. The summed E-state index contributed by atoms with van der Waals surface area (Å²) in [4.78, 5) is 15.1. The van der Waals surface area contributed by atoms with E-state index in [0.29, 0.717) is 15.6 Å². The average Bonchev–Trinajstić information content (AvgIpc) is 2.79. The zero-order chi connectivity index (χ0) is 15.6. The van der Waals surface area contributed by atoms with E-state index in [1.807, 2.05) is 19.2 Å². The van der Waals surface area contributed by atoms with E-state index < -0.39 is 0 Å². The molecule has 1 atom stereocenters. The third kappa shape index (κ3) is 3.30. The fourth-order valence-corrected chi connectivity index (χ4v) is 4.50. The van der Waals surface area contributed by atoms with Crippen molar-refractivity contribution in [2.24, 2.45) is 0 Å². The lowest BCUT2D eigenvalue weighted by Crippen LogP contribution is -2.38. The van der Waals surface area contributed by atoms with Crippen LogP contribution in [0.5, 0.6) is 0 Å². The summed E-state index contributed by atoms with van der Waals surface area (Å²) < 4.78 is 0.953. The topological polar surface area (TPSA) is 46.3 Å². The minimum atomic E-state index is -0.00859. The van der Waals surface area contributed by atoms with Crippen LogP contribution in [0.4, 0.5) is 5.69 Å². The largest absolute Gasteiger partial charge is 0.397 e. The zero-order valence-electron chi connectivity index (χ0n) is 12.4. The number of thioether (sulfide) groups is 1. The fraction of sp³-hybridized carbons (Fsp3) is 0.400. The van der Waals surface area contributed by atoms with Gasteiger partial charge < -0.3 is 10.6 Å². The Morgan fingerprint density at radius 3 is 2.86 bits per heavy atom. The smallest absolute Gasteiger partial charge is 0.266 e. The number of amides is 1. The van der Waals surface area contributed by atoms with Gasteiger partial charge in [-0.15, -0.1) is 11.3 Å². The first kappa shape index (κ1) is 16.5. The van der Waals surface area contributed by atoms with Crippen LogP contribution in [0.3, 0.4) is 0 Å². The Hall–Kier alpha value is -0.910. The van der Waals surface area contributed by atoms with Gasteiger partial charge in [0, 0.05) is 34.0 Å². The second-order valence-corrected chi connectivity index (χ2v) is 7.32. The Bertz CT molecular complexity index is 656. The Balaban J connectivity index is 2.36. The maximum Gasteiger partial charge on any atom is 0.266 e. The summed E-state index contributed by atoms with van der Waals surface area (Å²) in [6.07, 6.45) is 2.98. The van der Waals surface area contributed by atoms with Gasteiger partial charge in [0.05, 0.1) is 5.69 Å². The number of nitrogens with two attached hydrogens (primary N) is 1. The summed E-state index contributed by atoms with van der Waals surface area (Å²) in [5.41, 5.74) is 6.72. The molecule has 1 unspecified atom stereocenters. The summed E-state index contributed by atoms with van der Waals surface area (Å²) in [6, 6.07) is 5.75. The number of halogens is 1. The highest BCUT2D eigenvalue weighted by Crippen LogP contribution is 2.36. The van der Waals surface area contributed by atoms with E-state index >= 15 is 0 Å². The Labute approximate surface area is 138 Å². The first-order chi connectivity index (χ1) is 9.99. The normalized spacial score (nSPS) is 12.6. The van der Waals surface area contributed by atoms with Gasteiger partial charge in [-0.05, 0) is 30.9 Å². The molecule has 2 aromatic rings. The van der Waals surface area contributed by atoms with Crippen LogP contribution in [0.1, 0.15) is 23.0 Å². The molecular formula is C15H19ClN2OS2. The van der Waals surface area contributed by atoms with Crippen LogP contribution < -0.4 is 5.73 Å². The number of nitrogens with zero attached hydrogens (tertiary/aromatic N) is 1. The first-order valence-corrected chi connectivity index (χ1v) is 9.32. The van der Waals surface area contributed by atoms with Crippen molar-refractivity contribution in [1.29, 1.82) is 0 Å². The first-order valence-electron chi connectivity index (χ1n) is 6.73. The van der Waals surface area contributed by atoms with Crippen molar-refractivity contribution in [1.82, 2.24) is 4.90 Å². The lowest BCUT2D eigenvalue weighted by atomic mass is 10.2. The summed E-state index contributed by atoms with van der Waals surface area (Å²) in [7, 11) is 1.85. The lowest BCUT2D eigenvalue weighted by molar-refractivity contribution is 0.0749. The average molecular weight is 343 g/mol. The van der Waals surface area contributed by atoms with Gasteiger partial charge in [-0.1, -0.05) is 18.5 Å². The molecule has 2 N–H and O–H groups in total. The Morgan fingerprint density at radius 1 is 1.52 bits per heavy atom. The van der Waals surface area contributed by atoms with Gasteiger partial charge >= 0.3 is 0 Å². The zero-order valence-corrected chi connectivity index (χ0v) is 14.7. The van der Waals surface area contributed by atoms with Gasteiger partial charge in [0.1, 0.15) is 4.88 Å². The maximum absolute atomic E-state index is 12.7. The third-order valence-corrected chi connectivity index (χ3v) is 5.69. The number of fused-ring (bicyclic) bond motifs is 1. The van der Waals surface area contributed by atoms with Gasteiger partial charge in [0.2, 0.25) is 0 Å². The summed E-state index contributed by atoms with van der Waals surface area (Å²) >= 11 is 9.16. The Morgan fingerprint density at radius 2 is 2.24 bits per heavy atom. The van der Waals surface area contributed by atoms with Crippen molar-refractivity contribution in [2.45, 2.75) is 19.4 Å². The third-order valence-electron chi connectivity index (χ3n) is 3.58. The summed E-state index contributed by atoms with van der Waals surface area (Å²) in [6.45, 7) is 2.10. The predicted octanol–water partition coefficient (Wildman–Crippen LogP) is 4.35. The second-order valence-electron chi connectivity index (χ2n) is 4.92. The van der Waals surface area contributed by atoms with Gasteiger partial charge in [-0.2, -0.15) is 11.8 Å². The van der Waals surface area contributed by atoms with Crippen LogP contribution in [0.15, 0.2) is 18.2 Å². The van der Waals surface area contributed by atoms with Gasteiger partial charge in [-0.25, -0.2) is 0 Å².